The summed E-state index contributed by atoms with van der Waals surface area (Å²) in [7, 11) is 1.93. The minimum absolute atomic E-state index is 0.0858. The Bertz CT molecular complexity index is 450. The number of hydrogen-bond acceptors (Lipinski definition) is 3. The molecule has 0 saturated heterocycles. The van der Waals surface area contributed by atoms with Crippen LogP contribution in [0.5, 0.6) is 0 Å². The van der Waals surface area contributed by atoms with Crippen LogP contribution in [-0.2, 0) is 6.42 Å². The fourth-order valence-corrected chi connectivity index (χ4v) is 3.77. The van der Waals surface area contributed by atoms with E-state index < -0.39 is 0 Å². The molecule has 1 aromatic carbocycles. The number of benzene rings is 1. The van der Waals surface area contributed by atoms with Gasteiger partial charge in [0.1, 0.15) is 0 Å². The van der Waals surface area contributed by atoms with Crippen molar-refractivity contribution in [2.45, 2.75) is 37.0 Å². The SMILES string of the molecule is CNCCc1ccccc1C(=O)NC1CCCC1SC. The second kappa shape index (κ2) is 7.70. The third kappa shape index (κ3) is 3.76. The highest BCUT2D eigenvalue weighted by molar-refractivity contribution is 7.99. The molecular weight excluding hydrogens is 268 g/mol. The molecular formula is C16H24N2OS. The van der Waals surface area contributed by atoms with Gasteiger partial charge in [0.05, 0.1) is 0 Å². The van der Waals surface area contributed by atoms with Crippen LogP contribution in [0.4, 0.5) is 0 Å². The summed E-state index contributed by atoms with van der Waals surface area (Å²) in [6, 6.07) is 8.26. The number of hydrogen-bond donors (Lipinski definition) is 2. The van der Waals surface area contributed by atoms with E-state index in [1.54, 1.807) is 0 Å². The summed E-state index contributed by atoms with van der Waals surface area (Å²) >= 11 is 1.87. The molecule has 1 saturated carbocycles. The van der Waals surface area contributed by atoms with Crippen LogP contribution >= 0.6 is 11.8 Å². The lowest BCUT2D eigenvalue weighted by Gasteiger charge is -2.20. The van der Waals surface area contributed by atoms with E-state index in [1.807, 2.05) is 43.1 Å². The van der Waals surface area contributed by atoms with Crippen molar-refractivity contribution in [1.82, 2.24) is 10.6 Å². The van der Waals surface area contributed by atoms with Gasteiger partial charge in [0.25, 0.3) is 5.91 Å². The van der Waals surface area contributed by atoms with Gasteiger partial charge in [-0.2, -0.15) is 11.8 Å². The molecule has 2 unspecified atom stereocenters. The molecule has 0 aromatic heterocycles. The van der Waals surface area contributed by atoms with E-state index in [0.717, 1.165) is 30.5 Å². The van der Waals surface area contributed by atoms with Crippen molar-refractivity contribution in [3.63, 3.8) is 0 Å². The normalized spacial score (nSPS) is 21.9. The smallest absolute Gasteiger partial charge is 0.251 e. The molecule has 0 heterocycles. The van der Waals surface area contributed by atoms with E-state index in [1.165, 1.54) is 12.8 Å². The number of thioether (sulfide) groups is 1. The highest BCUT2D eigenvalue weighted by atomic mass is 32.2. The Morgan fingerprint density at radius 3 is 2.90 bits per heavy atom. The van der Waals surface area contributed by atoms with Gasteiger partial charge in [0, 0.05) is 16.9 Å². The number of nitrogens with one attached hydrogen (secondary N) is 2. The van der Waals surface area contributed by atoms with Gasteiger partial charge >= 0.3 is 0 Å². The van der Waals surface area contributed by atoms with Crippen LogP contribution < -0.4 is 10.6 Å². The van der Waals surface area contributed by atoms with Gasteiger partial charge < -0.3 is 10.6 Å². The maximum atomic E-state index is 12.5. The Balaban J connectivity index is 2.05. The van der Waals surface area contributed by atoms with Crippen molar-refractivity contribution in [1.29, 1.82) is 0 Å². The summed E-state index contributed by atoms with van der Waals surface area (Å²) in [6.07, 6.45) is 6.56. The van der Waals surface area contributed by atoms with Crippen LogP contribution in [0, 0.1) is 0 Å². The summed E-state index contributed by atoms with van der Waals surface area (Å²) < 4.78 is 0. The Morgan fingerprint density at radius 1 is 1.35 bits per heavy atom. The third-order valence-electron chi connectivity index (χ3n) is 3.98. The Kier molecular flexibility index (Phi) is 5.92. The van der Waals surface area contributed by atoms with Gasteiger partial charge in [-0.1, -0.05) is 24.6 Å². The van der Waals surface area contributed by atoms with Crippen LogP contribution in [-0.4, -0.2) is 37.0 Å². The molecule has 2 atom stereocenters. The van der Waals surface area contributed by atoms with Crippen molar-refractivity contribution >= 4 is 17.7 Å². The first-order valence-electron chi connectivity index (χ1n) is 7.32. The maximum Gasteiger partial charge on any atom is 0.251 e. The second-order valence-electron chi connectivity index (χ2n) is 5.30. The number of rotatable bonds is 6. The topological polar surface area (TPSA) is 41.1 Å². The number of carbonyl (C=O) groups is 1. The van der Waals surface area contributed by atoms with E-state index in [-0.39, 0.29) is 5.91 Å². The molecule has 20 heavy (non-hydrogen) atoms. The van der Waals surface area contributed by atoms with Crippen LogP contribution in [0.15, 0.2) is 24.3 Å². The minimum Gasteiger partial charge on any atom is -0.348 e. The molecule has 0 aliphatic heterocycles. The quantitative estimate of drug-likeness (QED) is 0.846. The minimum atomic E-state index is 0.0858. The first-order chi connectivity index (χ1) is 9.76. The number of likely N-dealkylation sites (N-methyl/N-ethyl adjacent to an activating group) is 1. The predicted octanol–water partition coefficient (Wildman–Crippen LogP) is 2.46. The van der Waals surface area contributed by atoms with Crippen molar-refractivity contribution < 1.29 is 4.79 Å². The van der Waals surface area contributed by atoms with Crippen molar-refractivity contribution in [2.75, 3.05) is 19.8 Å². The van der Waals surface area contributed by atoms with Crippen LogP contribution in [0.1, 0.15) is 35.2 Å². The molecule has 1 aromatic rings. The predicted molar refractivity (Wildman–Crippen MR) is 86.5 cm³/mol. The summed E-state index contributed by atoms with van der Waals surface area (Å²) in [4.78, 5) is 12.5. The molecule has 0 spiro atoms. The largest absolute Gasteiger partial charge is 0.348 e. The van der Waals surface area contributed by atoms with Gasteiger partial charge in [0.15, 0.2) is 0 Å². The van der Waals surface area contributed by atoms with E-state index in [2.05, 4.69) is 16.9 Å². The zero-order valence-corrected chi connectivity index (χ0v) is 13.1. The molecule has 3 nitrogen and oxygen atoms in total. The van der Waals surface area contributed by atoms with Crippen LogP contribution in [0.2, 0.25) is 0 Å². The van der Waals surface area contributed by atoms with E-state index >= 15 is 0 Å². The van der Waals surface area contributed by atoms with Crippen LogP contribution in [0.25, 0.3) is 0 Å². The maximum absolute atomic E-state index is 12.5. The molecule has 2 rings (SSSR count). The Morgan fingerprint density at radius 2 is 2.15 bits per heavy atom. The Labute approximate surface area is 125 Å². The standard InChI is InChI=1S/C16H24N2OS/c1-17-11-10-12-6-3-4-7-13(12)16(19)18-14-8-5-9-15(14)20-2/h3-4,6-7,14-15,17H,5,8-11H2,1-2H3,(H,18,19). The highest BCUT2D eigenvalue weighted by Crippen LogP contribution is 2.28. The van der Waals surface area contributed by atoms with Crippen LogP contribution in [0.3, 0.4) is 0 Å². The molecule has 2 N–H and O–H groups in total. The fourth-order valence-electron chi connectivity index (χ4n) is 2.84. The van der Waals surface area contributed by atoms with Crippen molar-refractivity contribution in [3.8, 4) is 0 Å². The zero-order valence-electron chi connectivity index (χ0n) is 12.3. The van der Waals surface area contributed by atoms with Crippen molar-refractivity contribution in [3.05, 3.63) is 35.4 Å². The fraction of sp³-hybridized carbons (Fsp3) is 0.562. The van der Waals surface area contributed by atoms with E-state index in [9.17, 15) is 4.79 Å². The average Bonchev–Trinajstić information content (AvgIpc) is 2.92. The first-order valence-corrected chi connectivity index (χ1v) is 8.61. The average molecular weight is 292 g/mol. The molecule has 0 radical (unpaired) electrons. The molecule has 1 aliphatic rings. The molecule has 0 bridgehead atoms. The van der Waals surface area contributed by atoms with Gasteiger partial charge in [-0.05, 0) is 50.7 Å². The lowest BCUT2D eigenvalue weighted by Crippen LogP contribution is -2.39. The van der Waals surface area contributed by atoms with Gasteiger partial charge in [-0.25, -0.2) is 0 Å². The number of carbonyl (C=O) groups excluding carboxylic acids is 1. The second-order valence-corrected chi connectivity index (χ2v) is 6.37. The van der Waals surface area contributed by atoms with Crippen molar-refractivity contribution in [2.24, 2.45) is 0 Å². The number of amides is 1. The molecule has 4 heteroatoms. The van der Waals surface area contributed by atoms with Gasteiger partial charge in [0.2, 0.25) is 0 Å². The summed E-state index contributed by atoms with van der Waals surface area (Å²) in [6.45, 7) is 0.890. The first kappa shape index (κ1) is 15.4. The van der Waals surface area contributed by atoms with E-state index in [4.69, 9.17) is 0 Å². The lowest BCUT2D eigenvalue weighted by molar-refractivity contribution is 0.0938. The zero-order chi connectivity index (χ0) is 14.4. The third-order valence-corrected chi connectivity index (χ3v) is 5.15. The van der Waals surface area contributed by atoms with Gasteiger partial charge in [-0.3, -0.25) is 4.79 Å². The molecule has 110 valence electrons. The summed E-state index contributed by atoms with van der Waals surface area (Å²) in [5, 5.41) is 6.94. The summed E-state index contributed by atoms with van der Waals surface area (Å²) in [5.41, 5.74) is 1.95. The summed E-state index contributed by atoms with van der Waals surface area (Å²) in [5.74, 6) is 0.0858. The monoisotopic (exact) mass is 292 g/mol. The van der Waals surface area contributed by atoms with E-state index in [0.29, 0.717) is 11.3 Å². The lowest BCUT2D eigenvalue weighted by atomic mass is 10.0. The molecule has 1 amide bonds. The highest BCUT2D eigenvalue weighted by Gasteiger charge is 2.28. The Hall–Kier alpha value is -1.00. The molecule has 1 aliphatic carbocycles. The van der Waals surface area contributed by atoms with Gasteiger partial charge in [-0.15, -0.1) is 0 Å². The molecule has 1 fully saturated rings.